The molecule has 1 aromatic heterocycles. The molecule has 0 unspecified atom stereocenters. The van der Waals surface area contributed by atoms with Crippen molar-refractivity contribution in [3.63, 3.8) is 0 Å². The molecule has 0 spiro atoms. The highest BCUT2D eigenvalue weighted by Crippen LogP contribution is 2.36. The van der Waals surface area contributed by atoms with Crippen molar-refractivity contribution >= 4 is 17.6 Å². The average Bonchev–Trinajstić information content (AvgIpc) is 3.29. The molecule has 1 fully saturated rings. The number of nitrogens with zero attached hydrogens (tertiary/aromatic N) is 3. The minimum absolute atomic E-state index is 0.0518. The van der Waals surface area contributed by atoms with Gasteiger partial charge >= 0.3 is 6.03 Å². The number of nitrogens with one attached hydrogen (secondary N) is 1. The molecule has 0 atom stereocenters. The van der Waals surface area contributed by atoms with E-state index in [0.29, 0.717) is 31.1 Å². The van der Waals surface area contributed by atoms with E-state index < -0.39 is 0 Å². The second-order valence-electron chi connectivity index (χ2n) is 6.35. The Bertz CT molecular complexity index is 843. The fourth-order valence-corrected chi connectivity index (χ4v) is 3.15. The molecule has 2 aliphatic heterocycles. The van der Waals surface area contributed by atoms with E-state index in [1.165, 1.54) is 0 Å². The van der Waals surface area contributed by atoms with Crippen molar-refractivity contribution in [3.8, 4) is 11.5 Å². The van der Waals surface area contributed by atoms with E-state index in [1.807, 2.05) is 18.2 Å². The van der Waals surface area contributed by atoms with Gasteiger partial charge in [0.15, 0.2) is 11.5 Å². The van der Waals surface area contributed by atoms with Gasteiger partial charge in [-0.05, 0) is 36.2 Å². The second kappa shape index (κ2) is 7.53. The molecular formula is C19H20N4O4. The third-order valence-corrected chi connectivity index (χ3v) is 4.58. The average molecular weight is 368 g/mol. The number of carbonyl (C=O) groups excluding carboxylic acids is 2. The lowest BCUT2D eigenvalue weighted by molar-refractivity contribution is -0.121. The van der Waals surface area contributed by atoms with E-state index in [1.54, 1.807) is 34.3 Å². The quantitative estimate of drug-likeness (QED) is 0.834. The van der Waals surface area contributed by atoms with Crippen molar-refractivity contribution in [2.45, 2.75) is 6.42 Å². The van der Waals surface area contributed by atoms with Crippen molar-refractivity contribution in [1.29, 1.82) is 0 Å². The van der Waals surface area contributed by atoms with Gasteiger partial charge < -0.3 is 19.7 Å². The lowest BCUT2D eigenvalue weighted by Crippen LogP contribution is -2.40. The maximum atomic E-state index is 12.6. The zero-order chi connectivity index (χ0) is 18.6. The summed E-state index contributed by atoms with van der Waals surface area (Å²) in [6, 6.07) is 9.05. The molecule has 2 aliphatic rings. The largest absolute Gasteiger partial charge is 0.454 e. The molecule has 8 nitrogen and oxygen atoms in total. The Morgan fingerprint density at radius 2 is 1.93 bits per heavy atom. The summed E-state index contributed by atoms with van der Waals surface area (Å²) in [7, 11) is 0. The number of ether oxygens (including phenoxy) is 2. The van der Waals surface area contributed by atoms with E-state index in [4.69, 9.17) is 9.47 Å². The third kappa shape index (κ3) is 3.79. The smallest absolute Gasteiger partial charge is 0.325 e. The minimum atomic E-state index is -0.182. The van der Waals surface area contributed by atoms with E-state index in [0.717, 1.165) is 17.7 Å². The Kier molecular flexibility index (Phi) is 4.78. The number of hydrogen-bond acceptors (Lipinski definition) is 5. The molecule has 0 radical (unpaired) electrons. The first-order valence-electron chi connectivity index (χ1n) is 8.82. The number of benzene rings is 1. The molecule has 4 rings (SSSR count). The first-order valence-corrected chi connectivity index (χ1v) is 8.82. The van der Waals surface area contributed by atoms with E-state index in [9.17, 15) is 9.59 Å². The lowest BCUT2D eigenvalue weighted by Gasteiger charge is -2.18. The van der Waals surface area contributed by atoms with Crippen LogP contribution in [0.5, 0.6) is 11.5 Å². The van der Waals surface area contributed by atoms with Crippen molar-refractivity contribution in [2.75, 3.05) is 37.9 Å². The fraction of sp³-hybridized carbons (Fsp3) is 0.316. The third-order valence-electron chi connectivity index (χ3n) is 4.58. The highest BCUT2D eigenvalue weighted by Gasteiger charge is 2.31. The van der Waals surface area contributed by atoms with Gasteiger partial charge in [-0.25, -0.2) is 4.79 Å². The van der Waals surface area contributed by atoms with Crippen LogP contribution in [0, 0.1) is 0 Å². The summed E-state index contributed by atoms with van der Waals surface area (Å²) in [5.74, 6) is 1.15. The molecular weight excluding hydrogens is 348 g/mol. The van der Waals surface area contributed by atoms with Crippen LogP contribution in [0.1, 0.15) is 5.56 Å². The summed E-state index contributed by atoms with van der Waals surface area (Å²) in [6.07, 6.45) is 4.18. The Labute approximate surface area is 156 Å². The van der Waals surface area contributed by atoms with Crippen molar-refractivity contribution in [1.82, 2.24) is 15.2 Å². The van der Waals surface area contributed by atoms with Gasteiger partial charge in [0.1, 0.15) is 6.54 Å². The van der Waals surface area contributed by atoms with Crippen LogP contribution >= 0.6 is 0 Å². The normalized spacial score (nSPS) is 15.3. The Hall–Kier alpha value is -3.29. The highest BCUT2D eigenvalue weighted by atomic mass is 16.7. The van der Waals surface area contributed by atoms with Crippen LogP contribution < -0.4 is 19.7 Å². The number of rotatable bonds is 6. The van der Waals surface area contributed by atoms with Crippen LogP contribution in [0.2, 0.25) is 0 Å². The molecule has 27 heavy (non-hydrogen) atoms. The summed E-state index contributed by atoms with van der Waals surface area (Å²) < 4.78 is 10.7. The number of carbonyl (C=O) groups is 2. The maximum Gasteiger partial charge on any atom is 0.325 e. The topological polar surface area (TPSA) is 84.0 Å². The summed E-state index contributed by atoms with van der Waals surface area (Å²) in [4.78, 5) is 31.9. The predicted octanol–water partition coefficient (Wildman–Crippen LogP) is 1.41. The van der Waals surface area contributed by atoms with Gasteiger partial charge in [0.05, 0.1) is 0 Å². The first kappa shape index (κ1) is 17.1. The van der Waals surface area contributed by atoms with Crippen LogP contribution in [0.15, 0.2) is 42.7 Å². The van der Waals surface area contributed by atoms with Gasteiger partial charge in [-0.2, -0.15) is 0 Å². The molecule has 0 bridgehead atoms. The van der Waals surface area contributed by atoms with E-state index in [2.05, 4.69) is 10.3 Å². The number of anilines is 1. The summed E-state index contributed by atoms with van der Waals surface area (Å²) in [6.45, 7) is 1.80. The fourth-order valence-electron chi connectivity index (χ4n) is 3.15. The van der Waals surface area contributed by atoms with Crippen LogP contribution in [0.25, 0.3) is 0 Å². The van der Waals surface area contributed by atoms with Gasteiger partial charge in [0.25, 0.3) is 0 Å². The van der Waals surface area contributed by atoms with Gasteiger partial charge in [0.2, 0.25) is 12.7 Å². The molecule has 3 amide bonds. The number of amides is 3. The summed E-state index contributed by atoms with van der Waals surface area (Å²) in [5, 5.41) is 2.86. The monoisotopic (exact) mass is 368 g/mol. The van der Waals surface area contributed by atoms with Crippen LogP contribution in [-0.2, 0) is 11.2 Å². The zero-order valence-corrected chi connectivity index (χ0v) is 14.8. The van der Waals surface area contributed by atoms with Gasteiger partial charge in [-0.15, -0.1) is 0 Å². The predicted molar refractivity (Wildman–Crippen MR) is 97.8 cm³/mol. The minimum Gasteiger partial charge on any atom is -0.454 e. The number of aromatic nitrogens is 1. The number of hydrogen-bond donors (Lipinski definition) is 1. The standard InChI is InChI=1S/C19H20N4O4/c24-18(21-8-5-14-3-6-20-7-4-14)12-22-9-10-23(19(22)25)15-1-2-16-17(11-15)27-13-26-16/h1-4,6-7,11H,5,8-10,12-13H2,(H,21,24). The number of urea groups is 1. The SMILES string of the molecule is O=C(CN1CCN(c2ccc3c(c2)OCO3)C1=O)NCCc1ccncc1. The van der Waals surface area contributed by atoms with E-state index >= 15 is 0 Å². The van der Waals surface area contributed by atoms with Gasteiger partial charge in [-0.3, -0.25) is 14.7 Å². The first-order chi connectivity index (χ1) is 13.2. The van der Waals surface area contributed by atoms with Gasteiger partial charge in [0, 0.05) is 43.8 Å². The molecule has 140 valence electrons. The van der Waals surface area contributed by atoms with Crippen molar-refractivity contribution < 1.29 is 19.1 Å². The van der Waals surface area contributed by atoms with Crippen LogP contribution in [0.4, 0.5) is 10.5 Å². The summed E-state index contributed by atoms with van der Waals surface area (Å²) >= 11 is 0. The summed E-state index contributed by atoms with van der Waals surface area (Å²) in [5.41, 5.74) is 1.85. The van der Waals surface area contributed by atoms with E-state index in [-0.39, 0.29) is 25.3 Å². The molecule has 1 saturated heterocycles. The highest BCUT2D eigenvalue weighted by molar-refractivity contribution is 5.96. The van der Waals surface area contributed by atoms with Crippen molar-refractivity contribution in [2.24, 2.45) is 0 Å². The molecule has 0 aliphatic carbocycles. The van der Waals surface area contributed by atoms with Crippen LogP contribution in [-0.4, -0.2) is 54.8 Å². The molecule has 2 aromatic rings. The maximum absolute atomic E-state index is 12.6. The Balaban J connectivity index is 1.29. The number of pyridine rings is 1. The molecule has 0 saturated carbocycles. The Morgan fingerprint density at radius 3 is 2.78 bits per heavy atom. The lowest BCUT2D eigenvalue weighted by atomic mass is 10.2. The Morgan fingerprint density at radius 1 is 1.11 bits per heavy atom. The molecule has 8 heteroatoms. The molecule has 3 heterocycles. The zero-order valence-electron chi connectivity index (χ0n) is 14.8. The number of fused-ring (bicyclic) bond motifs is 1. The van der Waals surface area contributed by atoms with Crippen LogP contribution in [0.3, 0.4) is 0 Å². The second-order valence-corrected chi connectivity index (χ2v) is 6.35. The molecule has 1 N–H and O–H groups in total. The van der Waals surface area contributed by atoms with Gasteiger partial charge in [-0.1, -0.05) is 0 Å². The molecule has 1 aromatic carbocycles. The van der Waals surface area contributed by atoms with Crippen molar-refractivity contribution in [3.05, 3.63) is 48.3 Å².